The van der Waals surface area contributed by atoms with Crippen molar-refractivity contribution in [2.24, 2.45) is 5.92 Å². The molecule has 0 amide bonds. The molecular weight excluding hydrogens is 245 g/mol. The Bertz CT molecular complexity index is 254. The first-order chi connectivity index (χ1) is 8.53. The fourth-order valence-electron chi connectivity index (χ4n) is 2.71. The first-order valence-corrected chi connectivity index (χ1v) is 6.62. The molecule has 106 valence electrons. The van der Waals surface area contributed by atoms with E-state index < -0.39 is 12.7 Å². The fraction of sp³-hybridized carbons (Fsp3) is 1.00. The molecule has 18 heavy (non-hydrogen) atoms. The molecule has 3 nitrogen and oxygen atoms in total. The highest BCUT2D eigenvalue weighted by atomic mass is 19.4. The Morgan fingerprint density at radius 2 is 1.78 bits per heavy atom. The predicted octanol–water partition coefficient (Wildman–Crippen LogP) is 1.59. The van der Waals surface area contributed by atoms with Crippen LogP contribution >= 0.6 is 0 Å². The second-order valence-corrected chi connectivity index (χ2v) is 5.28. The summed E-state index contributed by atoms with van der Waals surface area (Å²) >= 11 is 0. The zero-order valence-electron chi connectivity index (χ0n) is 10.6. The van der Waals surface area contributed by atoms with Gasteiger partial charge >= 0.3 is 6.18 Å². The van der Waals surface area contributed by atoms with Gasteiger partial charge in [-0.15, -0.1) is 0 Å². The number of halogens is 3. The van der Waals surface area contributed by atoms with Gasteiger partial charge < -0.3 is 9.64 Å². The van der Waals surface area contributed by atoms with E-state index in [-0.39, 0.29) is 0 Å². The van der Waals surface area contributed by atoms with E-state index in [4.69, 9.17) is 4.74 Å². The van der Waals surface area contributed by atoms with E-state index in [1.54, 1.807) is 0 Å². The summed E-state index contributed by atoms with van der Waals surface area (Å²) in [5.74, 6) is 0.569. The van der Waals surface area contributed by atoms with Crippen LogP contribution in [0.2, 0.25) is 0 Å². The summed E-state index contributed by atoms with van der Waals surface area (Å²) in [6.45, 7) is 4.57. The molecule has 0 aliphatic carbocycles. The largest absolute Gasteiger partial charge is 0.401 e. The lowest BCUT2D eigenvalue weighted by atomic mass is 10.1. The second kappa shape index (κ2) is 6.21. The Hall–Kier alpha value is -0.330. The van der Waals surface area contributed by atoms with Crippen molar-refractivity contribution in [2.75, 3.05) is 52.5 Å². The summed E-state index contributed by atoms with van der Waals surface area (Å²) in [7, 11) is 0. The van der Waals surface area contributed by atoms with Crippen LogP contribution in [0, 0.1) is 5.92 Å². The Morgan fingerprint density at radius 1 is 1.06 bits per heavy atom. The third-order valence-corrected chi connectivity index (χ3v) is 3.62. The van der Waals surface area contributed by atoms with Gasteiger partial charge in [0.05, 0.1) is 13.2 Å². The molecule has 0 unspecified atom stereocenters. The first kappa shape index (κ1) is 14.1. The normalized spacial score (nSPS) is 28.5. The predicted molar refractivity (Wildman–Crippen MR) is 62.5 cm³/mol. The number of ether oxygens (including phenoxy) is 1. The number of nitrogens with zero attached hydrogens (tertiary/aromatic N) is 2. The summed E-state index contributed by atoms with van der Waals surface area (Å²) < 4.78 is 42.3. The van der Waals surface area contributed by atoms with Crippen LogP contribution in [0.25, 0.3) is 0 Å². The molecule has 2 saturated heterocycles. The summed E-state index contributed by atoms with van der Waals surface area (Å²) in [4.78, 5) is 3.81. The van der Waals surface area contributed by atoms with Crippen molar-refractivity contribution >= 4 is 0 Å². The van der Waals surface area contributed by atoms with Crippen molar-refractivity contribution < 1.29 is 17.9 Å². The first-order valence-electron chi connectivity index (χ1n) is 6.62. The van der Waals surface area contributed by atoms with Crippen molar-refractivity contribution in [1.82, 2.24) is 9.80 Å². The minimum Gasteiger partial charge on any atom is -0.381 e. The molecule has 0 aromatic carbocycles. The molecular formula is C12H21F3N2O. The van der Waals surface area contributed by atoms with E-state index in [1.807, 2.05) is 0 Å². The average Bonchev–Trinajstić information content (AvgIpc) is 2.67. The third-order valence-electron chi connectivity index (χ3n) is 3.62. The van der Waals surface area contributed by atoms with Gasteiger partial charge in [0.15, 0.2) is 0 Å². The van der Waals surface area contributed by atoms with Gasteiger partial charge in [0.2, 0.25) is 0 Å². The lowest BCUT2D eigenvalue weighted by molar-refractivity contribution is -0.145. The standard InChI is InChI=1S/C12H21F3N2O/c13-12(14,15)10-17-4-1-3-16(5-6-17)8-11-2-7-18-9-11/h11H,1-10H2/t11-/m0/s1. The molecule has 0 bridgehead atoms. The highest BCUT2D eigenvalue weighted by Gasteiger charge is 2.31. The molecule has 6 heteroatoms. The molecule has 2 rings (SSSR count). The van der Waals surface area contributed by atoms with Crippen LogP contribution in [0.1, 0.15) is 12.8 Å². The van der Waals surface area contributed by atoms with Gasteiger partial charge in [-0.25, -0.2) is 0 Å². The number of hydrogen-bond donors (Lipinski definition) is 0. The molecule has 0 aromatic heterocycles. The Kier molecular flexibility index (Phi) is 4.86. The summed E-state index contributed by atoms with van der Waals surface area (Å²) in [5.41, 5.74) is 0. The Balaban J connectivity index is 1.73. The summed E-state index contributed by atoms with van der Waals surface area (Å²) in [6, 6.07) is 0. The molecule has 2 fully saturated rings. The number of rotatable bonds is 3. The summed E-state index contributed by atoms with van der Waals surface area (Å²) in [5, 5.41) is 0. The van der Waals surface area contributed by atoms with Gasteiger partial charge in [-0.3, -0.25) is 4.90 Å². The van der Waals surface area contributed by atoms with Crippen molar-refractivity contribution in [3.05, 3.63) is 0 Å². The van der Waals surface area contributed by atoms with Gasteiger partial charge in [-0.2, -0.15) is 13.2 Å². The van der Waals surface area contributed by atoms with Crippen LogP contribution in [0.4, 0.5) is 13.2 Å². The number of alkyl halides is 3. The van der Waals surface area contributed by atoms with Crippen LogP contribution in [0.3, 0.4) is 0 Å². The van der Waals surface area contributed by atoms with Crippen LogP contribution in [-0.2, 0) is 4.74 Å². The van der Waals surface area contributed by atoms with E-state index in [1.165, 1.54) is 4.90 Å². The number of hydrogen-bond acceptors (Lipinski definition) is 3. The van der Waals surface area contributed by atoms with Gasteiger partial charge in [-0.1, -0.05) is 0 Å². The van der Waals surface area contributed by atoms with E-state index in [0.29, 0.717) is 19.0 Å². The van der Waals surface area contributed by atoms with Crippen LogP contribution in [0.5, 0.6) is 0 Å². The van der Waals surface area contributed by atoms with Crippen molar-refractivity contribution in [2.45, 2.75) is 19.0 Å². The van der Waals surface area contributed by atoms with Gasteiger partial charge in [0.1, 0.15) is 0 Å². The van der Waals surface area contributed by atoms with Crippen LogP contribution in [0.15, 0.2) is 0 Å². The zero-order chi connectivity index (χ0) is 13.0. The molecule has 0 radical (unpaired) electrons. The van der Waals surface area contributed by atoms with Crippen LogP contribution < -0.4 is 0 Å². The molecule has 2 aliphatic heterocycles. The fourth-order valence-corrected chi connectivity index (χ4v) is 2.71. The minimum absolute atomic E-state index is 0.521. The van der Waals surface area contributed by atoms with Gasteiger partial charge in [0, 0.05) is 26.2 Å². The molecule has 0 aromatic rings. The van der Waals surface area contributed by atoms with E-state index in [2.05, 4.69) is 4.90 Å². The van der Waals surface area contributed by atoms with Crippen molar-refractivity contribution in [3.8, 4) is 0 Å². The van der Waals surface area contributed by atoms with Gasteiger partial charge in [-0.05, 0) is 31.8 Å². The minimum atomic E-state index is -4.07. The molecule has 1 atom stereocenters. The topological polar surface area (TPSA) is 15.7 Å². The monoisotopic (exact) mass is 266 g/mol. The molecule has 0 N–H and O–H groups in total. The van der Waals surface area contributed by atoms with E-state index in [0.717, 1.165) is 45.7 Å². The maximum absolute atomic E-state index is 12.3. The van der Waals surface area contributed by atoms with Gasteiger partial charge in [0.25, 0.3) is 0 Å². The maximum Gasteiger partial charge on any atom is 0.401 e. The Morgan fingerprint density at radius 3 is 2.44 bits per heavy atom. The molecule has 2 aliphatic rings. The highest BCUT2D eigenvalue weighted by Crippen LogP contribution is 2.19. The van der Waals surface area contributed by atoms with Crippen molar-refractivity contribution in [1.29, 1.82) is 0 Å². The quantitative estimate of drug-likeness (QED) is 0.771. The molecule has 2 heterocycles. The SMILES string of the molecule is FC(F)(F)CN1CCCN(C[C@@H]2CCOC2)CC1. The lowest BCUT2D eigenvalue weighted by Crippen LogP contribution is -2.38. The van der Waals surface area contributed by atoms with E-state index >= 15 is 0 Å². The smallest absolute Gasteiger partial charge is 0.381 e. The second-order valence-electron chi connectivity index (χ2n) is 5.28. The summed E-state index contributed by atoms with van der Waals surface area (Å²) in [6.07, 6.45) is -2.17. The van der Waals surface area contributed by atoms with Crippen molar-refractivity contribution in [3.63, 3.8) is 0 Å². The van der Waals surface area contributed by atoms with E-state index in [9.17, 15) is 13.2 Å². The zero-order valence-corrected chi connectivity index (χ0v) is 10.6. The molecule has 0 spiro atoms. The average molecular weight is 266 g/mol. The highest BCUT2D eigenvalue weighted by molar-refractivity contribution is 4.75. The van der Waals surface area contributed by atoms with Crippen LogP contribution in [-0.4, -0.2) is 68.5 Å². The Labute approximate surface area is 106 Å². The lowest BCUT2D eigenvalue weighted by Gasteiger charge is -2.24. The maximum atomic E-state index is 12.3. The molecule has 0 saturated carbocycles. The third kappa shape index (κ3) is 4.74.